The highest BCUT2D eigenvalue weighted by atomic mass is 16.2. The van der Waals surface area contributed by atoms with Crippen LogP contribution in [0, 0.1) is 11.8 Å². The van der Waals surface area contributed by atoms with Gasteiger partial charge in [-0.2, -0.15) is 0 Å². The topological polar surface area (TPSA) is 61.4 Å². The Morgan fingerprint density at radius 3 is 2.33 bits per heavy atom. The van der Waals surface area contributed by atoms with Crippen molar-refractivity contribution < 1.29 is 9.59 Å². The zero-order chi connectivity index (χ0) is 17.5. The van der Waals surface area contributed by atoms with Gasteiger partial charge in [0.1, 0.15) is 0 Å². The van der Waals surface area contributed by atoms with E-state index in [4.69, 9.17) is 0 Å². The second kappa shape index (κ2) is 8.71. The van der Waals surface area contributed by atoms with Gasteiger partial charge in [-0.3, -0.25) is 9.59 Å². The third kappa shape index (κ3) is 5.25. The molecule has 0 spiro atoms. The number of nitrogens with zero attached hydrogens (tertiary/aromatic N) is 1. The zero-order valence-corrected chi connectivity index (χ0v) is 15.0. The van der Waals surface area contributed by atoms with E-state index >= 15 is 0 Å². The lowest BCUT2D eigenvalue weighted by Crippen LogP contribution is -2.40. The van der Waals surface area contributed by atoms with E-state index in [1.165, 1.54) is 0 Å². The summed E-state index contributed by atoms with van der Waals surface area (Å²) in [5.74, 6) is 0.729. The Morgan fingerprint density at radius 1 is 1.17 bits per heavy atom. The van der Waals surface area contributed by atoms with Gasteiger partial charge < -0.3 is 15.5 Å². The monoisotopic (exact) mass is 331 g/mol. The lowest BCUT2D eigenvalue weighted by molar-refractivity contribution is -0.125. The van der Waals surface area contributed by atoms with Crippen molar-refractivity contribution in [3.63, 3.8) is 0 Å². The van der Waals surface area contributed by atoms with Crippen molar-refractivity contribution in [2.24, 2.45) is 11.8 Å². The molecule has 0 unspecified atom stereocenters. The fourth-order valence-electron chi connectivity index (χ4n) is 3.06. The Labute approximate surface area is 144 Å². The molecule has 0 bridgehead atoms. The number of hydrogen-bond donors (Lipinski definition) is 2. The van der Waals surface area contributed by atoms with Crippen molar-refractivity contribution in [1.82, 2.24) is 5.32 Å². The smallest absolute Gasteiger partial charge is 0.224 e. The molecule has 0 aromatic heterocycles. The Kier molecular flexibility index (Phi) is 6.64. The van der Waals surface area contributed by atoms with Crippen LogP contribution in [0.5, 0.6) is 0 Å². The van der Waals surface area contributed by atoms with Gasteiger partial charge in [0.15, 0.2) is 0 Å². The van der Waals surface area contributed by atoms with Crippen LogP contribution in [0.1, 0.15) is 40.0 Å². The molecule has 1 aliphatic heterocycles. The average Bonchev–Trinajstić information content (AvgIpc) is 2.55. The van der Waals surface area contributed by atoms with Gasteiger partial charge in [0.2, 0.25) is 11.8 Å². The zero-order valence-electron chi connectivity index (χ0n) is 15.0. The summed E-state index contributed by atoms with van der Waals surface area (Å²) in [4.78, 5) is 26.0. The predicted octanol–water partition coefficient (Wildman–Crippen LogP) is 3.02. The van der Waals surface area contributed by atoms with E-state index < -0.39 is 0 Å². The van der Waals surface area contributed by atoms with Crippen LogP contribution < -0.4 is 15.5 Å². The van der Waals surface area contributed by atoms with Crippen molar-refractivity contribution in [2.45, 2.75) is 40.0 Å². The molecule has 0 radical (unpaired) electrons. The molecule has 0 saturated carbocycles. The second-order valence-electron chi connectivity index (χ2n) is 6.85. The lowest BCUT2D eigenvalue weighted by atomic mass is 9.95. The fraction of sp³-hybridized carbons (Fsp3) is 0.579. The first-order chi connectivity index (χ1) is 11.5. The van der Waals surface area contributed by atoms with Crippen LogP contribution in [-0.2, 0) is 9.59 Å². The Hall–Kier alpha value is -2.04. The van der Waals surface area contributed by atoms with Crippen LogP contribution in [0.25, 0.3) is 0 Å². The molecule has 5 heteroatoms. The van der Waals surface area contributed by atoms with E-state index in [2.05, 4.69) is 15.5 Å². The van der Waals surface area contributed by atoms with Gasteiger partial charge in [0.25, 0.3) is 0 Å². The summed E-state index contributed by atoms with van der Waals surface area (Å²) in [6.45, 7) is 8.50. The number of anilines is 2. The van der Waals surface area contributed by atoms with Crippen LogP contribution in [0.4, 0.5) is 11.4 Å². The summed E-state index contributed by atoms with van der Waals surface area (Å²) >= 11 is 0. The molecule has 0 atom stereocenters. The van der Waals surface area contributed by atoms with Gasteiger partial charge in [-0.05, 0) is 49.9 Å². The Morgan fingerprint density at radius 2 is 1.79 bits per heavy atom. The second-order valence-corrected chi connectivity index (χ2v) is 6.85. The minimum Gasteiger partial charge on any atom is -0.371 e. The molecule has 1 aliphatic rings. The van der Waals surface area contributed by atoms with Crippen LogP contribution in [0.3, 0.4) is 0 Å². The molecular formula is C19H29N3O2. The third-order valence-corrected chi connectivity index (χ3v) is 4.33. The number of nitrogens with one attached hydrogen (secondary N) is 2. The van der Waals surface area contributed by atoms with Gasteiger partial charge in [0.05, 0.1) is 0 Å². The van der Waals surface area contributed by atoms with E-state index in [0.29, 0.717) is 18.9 Å². The SMILES string of the molecule is CCNC(=O)C1CCN(c2ccc(NC(=O)CC(C)C)cc2)CC1. The van der Waals surface area contributed by atoms with E-state index in [9.17, 15) is 9.59 Å². The van der Waals surface area contributed by atoms with Crippen LogP contribution in [-0.4, -0.2) is 31.4 Å². The highest BCUT2D eigenvalue weighted by Crippen LogP contribution is 2.25. The summed E-state index contributed by atoms with van der Waals surface area (Å²) in [6, 6.07) is 7.97. The Balaban J connectivity index is 1.86. The van der Waals surface area contributed by atoms with Gasteiger partial charge >= 0.3 is 0 Å². The minimum atomic E-state index is 0.0560. The first-order valence-electron chi connectivity index (χ1n) is 8.92. The molecule has 2 amide bonds. The maximum absolute atomic E-state index is 11.9. The summed E-state index contributed by atoms with van der Waals surface area (Å²) in [7, 11) is 0. The molecule has 1 aromatic carbocycles. The van der Waals surface area contributed by atoms with Crippen molar-refractivity contribution in [3.05, 3.63) is 24.3 Å². The maximum atomic E-state index is 11.9. The summed E-state index contributed by atoms with van der Waals surface area (Å²) in [6.07, 6.45) is 2.31. The van der Waals surface area contributed by atoms with Crippen molar-refractivity contribution >= 4 is 23.2 Å². The van der Waals surface area contributed by atoms with Crippen LogP contribution >= 0.6 is 0 Å². The number of hydrogen-bond acceptors (Lipinski definition) is 3. The fourth-order valence-corrected chi connectivity index (χ4v) is 3.06. The van der Waals surface area contributed by atoms with Crippen molar-refractivity contribution in [3.8, 4) is 0 Å². The summed E-state index contributed by atoms with van der Waals surface area (Å²) in [5, 5.41) is 5.84. The summed E-state index contributed by atoms with van der Waals surface area (Å²) in [5.41, 5.74) is 1.98. The van der Waals surface area contributed by atoms with Gasteiger partial charge in [-0.1, -0.05) is 13.8 Å². The number of piperidine rings is 1. The molecule has 2 N–H and O–H groups in total. The molecule has 2 rings (SSSR count). The van der Waals surface area contributed by atoms with Gasteiger partial charge in [0, 0.05) is 43.3 Å². The van der Waals surface area contributed by atoms with Crippen molar-refractivity contribution in [2.75, 3.05) is 29.9 Å². The molecular weight excluding hydrogens is 302 g/mol. The number of benzene rings is 1. The van der Waals surface area contributed by atoms with Crippen LogP contribution in [0.2, 0.25) is 0 Å². The normalized spacial score (nSPS) is 15.4. The third-order valence-electron chi connectivity index (χ3n) is 4.33. The molecule has 1 aromatic rings. The standard InChI is InChI=1S/C19H29N3O2/c1-4-20-19(24)15-9-11-22(12-10-15)17-7-5-16(6-8-17)21-18(23)13-14(2)3/h5-8,14-15H,4,9-13H2,1-3H3,(H,20,24)(H,21,23). The minimum absolute atomic E-state index is 0.0560. The molecule has 0 aliphatic carbocycles. The average molecular weight is 331 g/mol. The largest absolute Gasteiger partial charge is 0.371 e. The quantitative estimate of drug-likeness (QED) is 0.842. The number of carbonyl (C=O) groups is 2. The highest BCUT2D eigenvalue weighted by Gasteiger charge is 2.24. The predicted molar refractivity (Wildman–Crippen MR) is 98.1 cm³/mol. The number of amides is 2. The lowest BCUT2D eigenvalue weighted by Gasteiger charge is -2.33. The van der Waals surface area contributed by atoms with Crippen molar-refractivity contribution in [1.29, 1.82) is 0 Å². The highest BCUT2D eigenvalue weighted by molar-refractivity contribution is 5.91. The van der Waals surface area contributed by atoms with E-state index in [-0.39, 0.29) is 17.7 Å². The van der Waals surface area contributed by atoms with Gasteiger partial charge in [-0.25, -0.2) is 0 Å². The maximum Gasteiger partial charge on any atom is 0.224 e. The molecule has 1 fully saturated rings. The van der Waals surface area contributed by atoms with Gasteiger partial charge in [-0.15, -0.1) is 0 Å². The van der Waals surface area contributed by atoms with E-state index in [1.54, 1.807) is 0 Å². The van der Waals surface area contributed by atoms with Crippen LogP contribution in [0.15, 0.2) is 24.3 Å². The molecule has 5 nitrogen and oxygen atoms in total. The molecule has 1 saturated heterocycles. The number of carbonyl (C=O) groups excluding carboxylic acids is 2. The Bertz CT molecular complexity index is 546. The first kappa shape index (κ1) is 18.3. The molecule has 1 heterocycles. The van der Waals surface area contributed by atoms with E-state index in [0.717, 1.165) is 37.3 Å². The molecule has 24 heavy (non-hydrogen) atoms. The first-order valence-corrected chi connectivity index (χ1v) is 8.92. The summed E-state index contributed by atoms with van der Waals surface area (Å²) < 4.78 is 0. The molecule has 132 valence electrons. The number of rotatable bonds is 6. The van der Waals surface area contributed by atoms with E-state index in [1.807, 2.05) is 45.0 Å².